The number of phenolic OH excluding ortho intramolecular Hbond substituents is 1. The van der Waals surface area contributed by atoms with E-state index in [1.165, 1.54) is 9.78 Å². The van der Waals surface area contributed by atoms with Crippen molar-refractivity contribution in [1.82, 2.24) is 0 Å². The zero-order valence-electron chi connectivity index (χ0n) is 12.7. The molecule has 1 aliphatic rings. The summed E-state index contributed by atoms with van der Waals surface area (Å²) in [4.78, 5) is 7.50. The van der Waals surface area contributed by atoms with Crippen molar-refractivity contribution >= 4 is 33.5 Å². The van der Waals surface area contributed by atoms with Crippen molar-refractivity contribution in [3.63, 3.8) is 0 Å². The molecule has 6 heteroatoms. The van der Waals surface area contributed by atoms with Crippen LogP contribution < -0.4 is 4.90 Å². The average Bonchev–Trinajstić information content (AvgIpc) is 3.09. The van der Waals surface area contributed by atoms with Gasteiger partial charge in [-0.1, -0.05) is 22.0 Å². The van der Waals surface area contributed by atoms with Gasteiger partial charge in [0.2, 0.25) is 0 Å². The molecule has 0 amide bonds. The van der Waals surface area contributed by atoms with E-state index >= 15 is 0 Å². The molecule has 1 atom stereocenters. The molecule has 0 spiro atoms. The molecular weight excluding hydrogens is 376 g/mol. The second-order valence-corrected chi connectivity index (χ2v) is 7.43. The molecule has 0 aliphatic carbocycles. The molecule has 4 nitrogen and oxygen atoms in total. The van der Waals surface area contributed by atoms with Gasteiger partial charge in [-0.15, -0.1) is 11.3 Å². The number of hydrogen-bond acceptors (Lipinski definition) is 4. The van der Waals surface area contributed by atoms with Gasteiger partial charge in [-0.25, -0.2) is 0 Å². The van der Waals surface area contributed by atoms with E-state index in [1.54, 1.807) is 23.6 Å². The van der Waals surface area contributed by atoms with Crippen molar-refractivity contribution in [3.8, 4) is 5.75 Å². The highest BCUT2D eigenvalue weighted by molar-refractivity contribution is 9.10. The van der Waals surface area contributed by atoms with Crippen molar-refractivity contribution in [2.75, 3.05) is 32.8 Å². The minimum absolute atomic E-state index is 0.253. The smallest absolute Gasteiger partial charge is 0.142 e. The van der Waals surface area contributed by atoms with Crippen molar-refractivity contribution in [3.05, 3.63) is 50.6 Å². The summed E-state index contributed by atoms with van der Waals surface area (Å²) in [5.41, 5.74) is 0.737. The number of rotatable bonds is 5. The molecular formula is C17H20BrN2O2S+. The standard InChI is InChI=1S/C17H19BrN2O2S/c18-14-3-4-16(21)13(10-14)11-19-12-15(17-2-1-9-23-17)20-5-7-22-8-6-20/h1-4,9-11,15,21H,5-8,12H2/p+1/t15-/m1/s1. The summed E-state index contributed by atoms with van der Waals surface area (Å²) in [6.07, 6.45) is 1.76. The van der Waals surface area contributed by atoms with Crippen LogP contribution >= 0.6 is 27.3 Å². The highest BCUT2D eigenvalue weighted by Crippen LogP contribution is 2.21. The summed E-state index contributed by atoms with van der Waals surface area (Å²) in [7, 11) is 0. The number of aliphatic imine (C=N–C) groups is 1. The number of thiophene rings is 1. The fourth-order valence-electron chi connectivity index (χ4n) is 2.78. The summed E-state index contributed by atoms with van der Waals surface area (Å²) in [5, 5.41) is 12.0. The Labute approximate surface area is 148 Å². The zero-order valence-corrected chi connectivity index (χ0v) is 15.1. The lowest BCUT2D eigenvalue weighted by molar-refractivity contribution is -0.937. The van der Waals surface area contributed by atoms with Gasteiger partial charge in [0.05, 0.1) is 24.6 Å². The number of nitrogens with zero attached hydrogens (tertiary/aromatic N) is 1. The van der Waals surface area contributed by atoms with Crippen molar-refractivity contribution in [2.24, 2.45) is 4.99 Å². The molecule has 1 fully saturated rings. The molecule has 0 unspecified atom stereocenters. The van der Waals surface area contributed by atoms with E-state index in [0.717, 1.165) is 36.3 Å². The summed E-state index contributed by atoms with van der Waals surface area (Å²) in [6.45, 7) is 4.36. The van der Waals surface area contributed by atoms with Gasteiger partial charge in [-0.05, 0) is 29.6 Å². The third-order valence-electron chi connectivity index (χ3n) is 4.02. The Morgan fingerprint density at radius 1 is 1.35 bits per heavy atom. The number of hydrogen-bond donors (Lipinski definition) is 2. The fraction of sp³-hybridized carbons (Fsp3) is 0.353. The van der Waals surface area contributed by atoms with Crippen molar-refractivity contribution in [1.29, 1.82) is 0 Å². The molecule has 1 saturated heterocycles. The van der Waals surface area contributed by atoms with Gasteiger partial charge in [-0.3, -0.25) is 4.99 Å². The molecule has 1 aliphatic heterocycles. The third-order valence-corrected chi connectivity index (χ3v) is 5.50. The topological polar surface area (TPSA) is 46.3 Å². The molecule has 0 bridgehead atoms. The predicted octanol–water partition coefficient (Wildman–Crippen LogP) is 2.29. The summed E-state index contributed by atoms with van der Waals surface area (Å²) in [6, 6.07) is 10.00. The van der Waals surface area contributed by atoms with E-state index in [1.807, 2.05) is 12.1 Å². The van der Waals surface area contributed by atoms with Gasteiger partial charge >= 0.3 is 0 Å². The van der Waals surface area contributed by atoms with Crippen LogP contribution in [0.2, 0.25) is 0 Å². The maximum absolute atomic E-state index is 9.90. The highest BCUT2D eigenvalue weighted by Gasteiger charge is 2.26. The van der Waals surface area contributed by atoms with Gasteiger partial charge in [0.25, 0.3) is 0 Å². The van der Waals surface area contributed by atoms with Crippen LogP contribution in [0.5, 0.6) is 5.75 Å². The summed E-state index contributed by atoms with van der Waals surface area (Å²) < 4.78 is 6.41. The van der Waals surface area contributed by atoms with E-state index in [-0.39, 0.29) is 5.75 Å². The lowest BCUT2D eigenvalue weighted by atomic mass is 10.2. The minimum Gasteiger partial charge on any atom is -0.507 e. The number of halogens is 1. The number of ether oxygens (including phenoxy) is 1. The first-order valence-corrected chi connectivity index (χ1v) is 9.35. The fourth-order valence-corrected chi connectivity index (χ4v) is 4.03. The van der Waals surface area contributed by atoms with Crippen molar-refractivity contribution < 1.29 is 14.7 Å². The monoisotopic (exact) mass is 395 g/mol. The van der Waals surface area contributed by atoms with Crippen LogP contribution in [0.15, 0.2) is 45.2 Å². The van der Waals surface area contributed by atoms with Gasteiger partial charge in [0.15, 0.2) is 0 Å². The number of phenols is 1. The van der Waals surface area contributed by atoms with Crippen LogP contribution in [-0.2, 0) is 4.74 Å². The lowest BCUT2D eigenvalue weighted by Gasteiger charge is -2.30. The van der Waals surface area contributed by atoms with Gasteiger partial charge in [0.1, 0.15) is 24.9 Å². The van der Waals surface area contributed by atoms with Crippen LogP contribution in [0.1, 0.15) is 16.5 Å². The van der Waals surface area contributed by atoms with Crippen molar-refractivity contribution in [2.45, 2.75) is 6.04 Å². The molecule has 122 valence electrons. The molecule has 0 radical (unpaired) electrons. The lowest BCUT2D eigenvalue weighted by Crippen LogP contribution is -3.14. The second-order valence-electron chi connectivity index (χ2n) is 5.54. The maximum atomic E-state index is 9.90. The molecule has 1 aromatic heterocycles. The molecule has 0 saturated carbocycles. The third kappa shape index (κ3) is 4.41. The van der Waals surface area contributed by atoms with Gasteiger partial charge in [0, 0.05) is 16.3 Å². The second kappa shape index (κ2) is 8.06. The van der Waals surface area contributed by atoms with E-state index in [4.69, 9.17) is 4.74 Å². The number of morpholine rings is 1. The number of quaternary nitrogens is 1. The van der Waals surface area contributed by atoms with Gasteiger partial charge in [-0.2, -0.15) is 0 Å². The number of nitrogens with one attached hydrogen (secondary N) is 1. The Hall–Kier alpha value is -1.21. The zero-order chi connectivity index (χ0) is 16.1. The Bertz CT molecular complexity index is 655. The molecule has 2 N–H and O–H groups in total. The number of aromatic hydroxyl groups is 1. The van der Waals surface area contributed by atoms with E-state index in [0.29, 0.717) is 12.6 Å². The minimum atomic E-state index is 0.253. The largest absolute Gasteiger partial charge is 0.507 e. The molecule has 2 heterocycles. The molecule has 2 aromatic rings. The molecule has 3 rings (SSSR count). The van der Waals surface area contributed by atoms with E-state index in [2.05, 4.69) is 38.4 Å². The Kier molecular flexibility index (Phi) is 5.83. The van der Waals surface area contributed by atoms with Crippen LogP contribution in [-0.4, -0.2) is 44.2 Å². The van der Waals surface area contributed by atoms with Gasteiger partial charge < -0.3 is 14.7 Å². The molecule has 1 aromatic carbocycles. The molecule has 23 heavy (non-hydrogen) atoms. The quantitative estimate of drug-likeness (QED) is 0.762. The predicted molar refractivity (Wildman–Crippen MR) is 96.8 cm³/mol. The van der Waals surface area contributed by atoms with E-state index < -0.39 is 0 Å². The summed E-state index contributed by atoms with van der Waals surface area (Å²) in [5.74, 6) is 0.253. The first-order valence-electron chi connectivity index (χ1n) is 7.68. The first-order chi connectivity index (χ1) is 11.2. The van der Waals surface area contributed by atoms with Crippen LogP contribution in [0.3, 0.4) is 0 Å². The Morgan fingerprint density at radius 3 is 2.91 bits per heavy atom. The van der Waals surface area contributed by atoms with Crippen LogP contribution in [0, 0.1) is 0 Å². The summed E-state index contributed by atoms with van der Waals surface area (Å²) >= 11 is 5.21. The number of benzene rings is 1. The Balaban J connectivity index is 1.73. The highest BCUT2D eigenvalue weighted by atomic mass is 79.9. The Morgan fingerprint density at radius 2 is 2.17 bits per heavy atom. The van der Waals surface area contributed by atoms with Crippen LogP contribution in [0.4, 0.5) is 0 Å². The maximum Gasteiger partial charge on any atom is 0.142 e. The SMILES string of the molecule is Oc1ccc(Br)cc1C=NC[C@H](c1cccs1)[NH+]1CCOCC1. The first kappa shape index (κ1) is 16.6. The van der Waals surface area contributed by atoms with E-state index in [9.17, 15) is 5.11 Å². The van der Waals surface area contributed by atoms with Crippen LogP contribution in [0.25, 0.3) is 0 Å². The normalized spacial score (nSPS) is 17.6. The average molecular weight is 396 g/mol.